The Bertz CT molecular complexity index is 565. The summed E-state index contributed by atoms with van der Waals surface area (Å²) in [5.41, 5.74) is 1.88. The number of benzene rings is 1. The molecule has 21 heavy (non-hydrogen) atoms. The Morgan fingerprint density at radius 3 is 2.57 bits per heavy atom. The molecule has 112 valence electrons. The van der Waals surface area contributed by atoms with E-state index in [-0.39, 0.29) is 18.9 Å². The number of methoxy groups -OCH3 is 1. The zero-order valence-electron chi connectivity index (χ0n) is 12.2. The van der Waals surface area contributed by atoms with Crippen LogP contribution in [-0.2, 0) is 14.3 Å². The third kappa shape index (κ3) is 2.97. The Hall–Kier alpha value is -2.14. The van der Waals surface area contributed by atoms with Gasteiger partial charge >= 0.3 is 5.97 Å². The van der Waals surface area contributed by atoms with E-state index < -0.39 is 12.0 Å². The highest BCUT2D eigenvalue weighted by Crippen LogP contribution is 2.32. The molecule has 1 aliphatic heterocycles. The molecule has 1 N–H and O–H groups in total. The second kappa shape index (κ2) is 6.54. The van der Waals surface area contributed by atoms with Crippen molar-refractivity contribution >= 4 is 11.9 Å². The lowest BCUT2D eigenvalue weighted by Gasteiger charge is -2.35. The molecule has 1 heterocycles. The number of ether oxygens (including phenoxy) is 1. The Morgan fingerprint density at radius 1 is 1.33 bits per heavy atom. The fourth-order valence-corrected chi connectivity index (χ4v) is 2.66. The third-order valence-electron chi connectivity index (χ3n) is 3.76. The molecule has 2 rings (SSSR count). The van der Waals surface area contributed by atoms with Crippen molar-refractivity contribution in [2.75, 3.05) is 13.7 Å². The quantitative estimate of drug-likeness (QED) is 0.858. The third-order valence-corrected chi connectivity index (χ3v) is 3.76. The van der Waals surface area contributed by atoms with Crippen LogP contribution in [0.1, 0.15) is 31.4 Å². The molecule has 1 amide bonds. The van der Waals surface area contributed by atoms with Crippen LogP contribution in [0.25, 0.3) is 0 Å². The van der Waals surface area contributed by atoms with Crippen molar-refractivity contribution in [1.82, 2.24) is 4.90 Å². The minimum absolute atomic E-state index is 0.0944. The number of carbonyl (C=O) groups excluding carboxylic acids is 2. The molecule has 0 saturated heterocycles. The molecule has 5 heteroatoms. The van der Waals surface area contributed by atoms with E-state index in [1.54, 1.807) is 6.92 Å². The van der Waals surface area contributed by atoms with Crippen LogP contribution in [0.15, 0.2) is 41.6 Å². The van der Waals surface area contributed by atoms with Gasteiger partial charge in [0.15, 0.2) is 0 Å². The average Bonchev–Trinajstić information content (AvgIpc) is 2.51. The molecule has 0 aliphatic carbocycles. The summed E-state index contributed by atoms with van der Waals surface area (Å²) >= 11 is 0. The first-order chi connectivity index (χ1) is 10.1. The molecular weight excluding hydrogens is 270 g/mol. The average molecular weight is 289 g/mol. The van der Waals surface area contributed by atoms with Gasteiger partial charge < -0.3 is 14.7 Å². The van der Waals surface area contributed by atoms with Crippen LogP contribution in [-0.4, -0.2) is 35.6 Å². The van der Waals surface area contributed by atoms with Gasteiger partial charge in [0.2, 0.25) is 5.91 Å². The largest absolute Gasteiger partial charge is 0.466 e. The van der Waals surface area contributed by atoms with E-state index >= 15 is 0 Å². The summed E-state index contributed by atoms with van der Waals surface area (Å²) in [6.45, 7) is 1.51. The summed E-state index contributed by atoms with van der Waals surface area (Å²) in [5, 5.41) is 9.72. The smallest absolute Gasteiger partial charge is 0.335 e. The van der Waals surface area contributed by atoms with Gasteiger partial charge in [0.05, 0.1) is 25.3 Å². The maximum absolute atomic E-state index is 12.3. The van der Waals surface area contributed by atoms with Crippen molar-refractivity contribution in [2.24, 2.45) is 0 Å². The number of hydrogen-bond donors (Lipinski definition) is 1. The second-order valence-corrected chi connectivity index (χ2v) is 4.93. The molecular formula is C16H19NO4. The molecule has 5 nitrogen and oxygen atoms in total. The fraction of sp³-hybridized carbons (Fsp3) is 0.375. The van der Waals surface area contributed by atoms with Crippen LogP contribution in [0.5, 0.6) is 0 Å². The maximum atomic E-state index is 12.3. The predicted octanol–water partition coefficient (Wildman–Crippen LogP) is 1.79. The number of allylic oxidation sites excluding steroid dienone is 1. The van der Waals surface area contributed by atoms with E-state index in [9.17, 15) is 14.7 Å². The molecule has 0 spiro atoms. The Balaban J connectivity index is 2.43. The van der Waals surface area contributed by atoms with Crippen molar-refractivity contribution in [2.45, 2.75) is 25.8 Å². The topological polar surface area (TPSA) is 66.8 Å². The van der Waals surface area contributed by atoms with Gasteiger partial charge in [-0.05, 0) is 18.9 Å². The Kier molecular flexibility index (Phi) is 4.75. The van der Waals surface area contributed by atoms with Crippen molar-refractivity contribution in [3.05, 3.63) is 47.2 Å². The standard InChI is InChI=1S/C16H19NO4/c1-11-13(16(20)21-2)8-9-15(19)17(11)14(10-18)12-6-4-3-5-7-12/h3-7,14,18H,8-10H2,1-2H3/t14-/m1/s1. The maximum Gasteiger partial charge on any atom is 0.335 e. The normalized spacial score (nSPS) is 16.9. The molecule has 0 bridgehead atoms. The molecule has 0 aromatic heterocycles. The van der Waals surface area contributed by atoms with Crippen LogP contribution in [0.3, 0.4) is 0 Å². The van der Waals surface area contributed by atoms with Gasteiger partial charge in [-0.15, -0.1) is 0 Å². The SMILES string of the molecule is COC(=O)C1=C(C)N([C@H](CO)c2ccccc2)C(=O)CC1. The first kappa shape index (κ1) is 15.3. The van der Waals surface area contributed by atoms with Gasteiger partial charge in [0, 0.05) is 12.1 Å². The highest BCUT2D eigenvalue weighted by atomic mass is 16.5. The van der Waals surface area contributed by atoms with E-state index in [2.05, 4.69) is 0 Å². The predicted molar refractivity (Wildman–Crippen MR) is 77.1 cm³/mol. The highest BCUT2D eigenvalue weighted by molar-refractivity contribution is 5.93. The van der Waals surface area contributed by atoms with E-state index in [0.29, 0.717) is 17.7 Å². The highest BCUT2D eigenvalue weighted by Gasteiger charge is 2.33. The lowest BCUT2D eigenvalue weighted by Crippen LogP contribution is -2.39. The first-order valence-electron chi connectivity index (χ1n) is 6.86. The van der Waals surface area contributed by atoms with E-state index in [1.807, 2.05) is 30.3 Å². The zero-order chi connectivity index (χ0) is 15.4. The number of esters is 1. The van der Waals surface area contributed by atoms with Crippen molar-refractivity contribution < 1.29 is 19.4 Å². The monoisotopic (exact) mass is 289 g/mol. The number of amides is 1. The lowest BCUT2D eigenvalue weighted by molar-refractivity contribution is -0.138. The summed E-state index contributed by atoms with van der Waals surface area (Å²) in [7, 11) is 1.32. The zero-order valence-corrected chi connectivity index (χ0v) is 12.2. The van der Waals surface area contributed by atoms with Gasteiger partial charge in [-0.2, -0.15) is 0 Å². The van der Waals surface area contributed by atoms with Gasteiger partial charge in [0.25, 0.3) is 0 Å². The molecule has 1 aliphatic rings. The molecule has 0 unspecified atom stereocenters. The number of carbonyl (C=O) groups is 2. The summed E-state index contributed by atoms with van der Waals surface area (Å²) in [6.07, 6.45) is 0.617. The minimum atomic E-state index is -0.487. The summed E-state index contributed by atoms with van der Waals surface area (Å²) < 4.78 is 4.77. The molecule has 0 saturated carbocycles. The Morgan fingerprint density at radius 2 is 2.00 bits per heavy atom. The summed E-state index contributed by atoms with van der Waals surface area (Å²) in [5.74, 6) is -0.516. The number of hydrogen-bond acceptors (Lipinski definition) is 4. The summed E-state index contributed by atoms with van der Waals surface area (Å²) in [6, 6.07) is 8.80. The van der Waals surface area contributed by atoms with Crippen LogP contribution < -0.4 is 0 Å². The number of rotatable bonds is 4. The molecule has 0 fully saturated rings. The summed E-state index contributed by atoms with van der Waals surface area (Å²) in [4.78, 5) is 25.6. The van der Waals surface area contributed by atoms with E-state index in [4.69, 9.17) is 4.74 Å². The molecule has 1 aromatic rings. The van der Waals surface area contributed by atoms with Gasteiger partial charge in [-0.25, -0.2) is 4.79 Å². The van der Waals surface area contributed by atoms with E-state index in [0.717, 1.165) is 5.56 Å². The van der Waals surface area contributed by atoms with Crippen molar-refractivity contribution in [3.63, 3.8) is 0 Å². The molecule has 1 aromatic carbocycles. The van der Waals surface area contributed by atoms with Crippen LogP contribution in [0.4, 0.5) is 0 Å². The number of aliphatic hydroxyl groups is 1. The van der Waals surface area contributed by atoms with Gasteiger partial charge in [0.1, 0.15) is 0 Å². The fourth-order valence-electron chi connectivity index (χ4n) is 2.66. The molecule has 0 radical (unpaired) electrons. The van der Waals surface area contributed by atoms with Gasteiger partial charge in [-0.3, -0.25) is 4.79 Å². The number of nitrogens with zero attached hydrogens (tertiary/aromatic N) is 1. The lowest BCUT2D eigenvalue weighted by atomic mass is 9.97. The Labute approximate surface area is 123 Å². The minimum Gasteiger partial charge on any atom is -0.466 e. The van der Waals surface area contributed by atoms with Gasteiger partial charge in [-0.1, -0.05) is 30.3 Å². The first-order valence-corrected chi connectivity index (χ1v) is 6.86. The molecule has 1 atom stereocenters. The van der Waals surface area contributed by atoms with Crippen molar-refractivity contribution in [1.29, 1.82) is 0 Å². The number of aliphatic hydroxyl groups excluding tert-OH is 1. The van der Waals surface area contributed by atoms with Crippen molar-refractivity contribution in [3.8, 4) is 0 Å². The van der Waals surface area contributed by atoms with Crippen LogP contribution >= 0.6 is 0 Å². The van der Waals surface area contributed by atoms with E-state index in [1.165, 1.54) is 12.0 Å². The van der Waals surface area contributed by atoms with Crippen LogP contribution in [0, 0.1) is 0 Å². The second-order valence-electron chi connectivity index (χ2n) is 4.93. The van der Waals surface area contributed by atoms with Crippen LogP contribution in [0.2, 0.25) is 0 Å².